The summed E-state index contributed by atoms with van der Waals surface area (Å²) in [7, 11) is -1.32. The Morgan fingerprint density at radius 1 is 1.24 bits per heavy atom. The van der Waals surface area contributed by atoms with Crippen molar-refractivity contribution in [2.75, 3.05) is 20.8 Å². The molecular weight excluding hydrogens is 298 g/mol. The van der Waals surface area contributed by atoms with E-state index in [1.54, 1.807) is 0 Å². The zero-order chi connectivity index (χ0) is 15.6. The predicted octanol–water partition coefficient (Wildman–Crippen LogP) is 0.200. The number of rotatable bonds is 4. The highest BCUT2D eigenvalue weighted by Crippen LogP contribution is 2.26. The smallest absolute Gasteiger partial charge is 0.324 e. The number of benzene rings is 1. The summed E-state index contributed by atoms with van der Waals surface area (Å²) < 4.78 is 35.5. The Kier molecular flexibility index (Phi) is 4.29. The van der Waals surface area contributed by atoms with E-state index in [9.17, 15) is 18.0 Å². The van der Waals surface area contributed by atoms with Crippen molar-refractivity contribution in [1.82, 2.24) is 4.31 Å². The number of Topliss-reactive ketones (excluding diaryl/α,β-unsaturated/α-hetero) is 1. The molecule has 1 fully saturated rings. The monoisotopic (exact) mass is 313 g/mol. The van der Waals surface area contributed by atoms with Crippen molar-refractivity contribution in [1.29, 1.82) is 0 Å². The van der Waals surface area contributed by atoms with Gasteiger partial charge in [0.2, 0.25) is 10.0 Å². The van der Waals surface area contributed by atoms with Gasteiger partial charge in [-0.2, -0.15) is 4.31 Å². The second-order valence-electron chi connectivity index (χ2n) is 4.51. The lowest BCUT2D eigenvalue weighted by atomic mass is 10.2. The first-order valence-corrected chi connectivity index (χ1v) is 7.59. The Bertz CT molecular complexity index is 652. The van der Waals surface area contributed by atoms with Crippen LogP contribution in [0.1, 0.15) is 6.42 Å². The molecule has 1 aromatic rings. The summed E-state index contributed by atoms with van der Waals surface area (Å²) in [5.74, 6) is -0.545. The van der Waals surface area contributed by atoms with Crippen molar-refractivity contribution in [3.05, 3.63) is 24.3 Å². The van der Waals surface area contributed by atoms with Gasteiger partial charge in [0.25, 0.3) is 0 Å². The van der Waals surface area contributed by atoms with Crippen LogP contribution in [-0.2, 0) is 24.3 Å². The van der Waals surface area contributed by atoms with Gasteiger partial charge in [-0.15, -0.1) is 0 Å². The summed E-state index contributed by atoms with van der Waals surface area (Å²) >= 11 is 0. The minimum Gasteiger partial charge on any atom is -0.497 e. The Hall–Kier alpha value is -1.93. The minimum atomic E-state index is -3.94. The van der Waals surface area contributed by atoms with Crippen LogP contribution >= 0.6 is 0 Å². The van der Waals surface area contributed by atoms with Crippen LogP contribution in [0, 0.1) is 0 Å². The normalized spacial score (nSPS) is 19.5. The van der Waals surface area contributed by atoms with E-state index in [0.717, 1.165) is 11.4 Å². The van der Waals surface area contributed by atoms with E-state index in [1.807, 2.05) is 0 Å². The van der Waals surface area contributed by atoms with Crippen molar-refractivity contribution < 1.29 is 27.5 Å². The number of carbonyl (C=O) groups excluding carboxylic acids is 2. The predicted molar refractivity (Wildman–Crippen MR) is 72.3 cm³/mol. The molecule has 1 atom stereocenters. The fourth-order valence-corrected chi connectivity index (χ4v) is 3.70. The van der Waals surface area contributed by atoms with Crippen LogP contribution in [-0.4, -0.2) is 51.3 Å². The second-order valence-corrected chi connectivity index (χ2v) is 6.40. The molecule has 21 heavy (non-hydrogen) atoms. The van der Waals surface area contributed by atoms with Crippen LogP contribution in [0.5, 0.6) is 5.75 Å². The molecule has 8 heteroatoms. The van der Waals surface area contributed by atoms with Crippen molar-refractivity contribution >= 4 is 21.8 Å². The maximum atomic E-state index is 12.5. The van der Waals surface area contributed by atoms with Gasteiger partial charge in [0, 0.05) is 6.42 Å². The zero-order valence-electron chi connectivity index (χ0n) is 11.6. The van der Waals surface area contributed by atoms with Crippen LogP contribution in [0.4, 0.5) is 0 Å². The SMILES string of the molecule is COC(=O)[C@@H]1CC(=O)CN1S(=O)(=O)c1ccc(OC)cc1. The summed E-state index contributed by atoms with van der Waals surface area (Å²) in [6, 6.07) is 4.63. The van der Waals surface area contributed by atoms with Crippen molar-refractivity contribution in [2.45, 2.75) is 17.4 Å². The average molecular weight is 313 g/mol. The fourth-order valence-electron chi connectivity index (χ4n) is 2.14. The molecule has 2 rings (SSSR count). The summed E-state index contributed by atoms with van der Waals surface area (Å²) in [6.07, 6.45) is -0.165. The number of hydrogen-bond donors (Lipinski definition) is 0. The van der Waals surface area contributed by atoms with Crippen LogP contribution in [0.15, 0.2) is 29.2 Å². The maximum Gasteiger partial charge on any atom is 0.324 e. The lowest BCUT2D eigenvalue weighted by molar-refractivity contribution is -0.144. The van der Waals surface area contributed by atoms with Crippen LogP contribution in [0.3, 0.4) is 0 Å². The lowest BCUT2D eigenvalue weighted by Gasteiger charge is -2.21. The van der Waals surface area contributed by atoms with E-state index in [1.165, 1.54) is 31.4 Å². The molecule has 0 unspecified atom stereocenters. The van der Waals surface area contributed by atoms with Gasteiger partial charge >= 0.3 is 5.97 Å². The zero-order valence-corrected chi connectivity index (χ0v) is 12.4. The molecule has 0 aliphatic carbocycles. The molecule has 0 saturated carbocycles. The second kappa shape index (κ2) is 5.82. The number of nitrogens with zero attached hydrogens (tertiary/aromatic N) is 1. The highest BCUT2D eigenvalue weighted by Gasteiger charge is 2.44. The molecular formula is C13H15NO6S. The molecule has 1 heterocycles. The molecule has 1 aliphatic heterocycles. The van der Waals surface area contributed by atoms with E-state index in [4.69, 9.17) is 4.74 Å². The van der Waals surface area contributed by atoms with E-state index in [0.29, 0.717) is 5.75 Å². The Labute approximate surface area is 122 Å². The van der Waals surface area contributed by atoms with Crippen molar-refractivity contribution in [3.63, 3.8) is 0 Å². The summed E-state index contributed by atoms with van der Waals surface area (Å²) in [5, 5.41) is 0. The fraction of sp³-hybridized carbons (Fsp3) is 0.385. The van der Waals surface area contributed by atoms with Crippen LogP contribution in [0.2, 0.25) is 0 Å². The number of sulfonamides is 1. The molecule has 114 valence electrons. The summed E-state index contributed by atoms with van der Waals surface area (Å²) in [4.78, 5) is 23.2. The molecule has 0 spiro atoms. The Morgan fingerprint density at radius 3 is 2.38 bits per heavy atom. The molecule has 1 aromatic carbocycles. The maximum absolute atomic E-state index is 12.5. The van der Waals surface area contributed by atoms with Gasteiger partial charge in [0.1, 0.15) is 17.6 Å². The standard InChI is InChI=1S/C13H15NO6S/c1-19-10-3-5-11(6-4-10)21(17,18)14-8-9(15)7-12(14)13(16)20-2/h3-6,12H,7-8H2,1-2H3/t12-/m0/s1. The third kappa shape index (κ3) is 2.91. The van der Waals surface area contributed by atoms with Crippen LogP contribution < -0.4 is 4.74 Å². The number of hydrogen-bond acceptors (Lipinski definition) is 6. The quantitative estimate of drug-likeness (QED) is 0.738. The van der Waals surface area contributed by atoms with Crippen molar-refractivity contribution in [2.24, 2.45) is 0 Å². The highest BCUT2D eigenvalue weighted by molar-refractivity contribution is 7.89. The number of methoxy groups -OCH3 is 2. The van der Waals surface area contributed by atoms with E-state index < -0.39 is 22.0 Å². The molecule has 1 saturated heterocycles. The van der Waals surface area contributed by atoms with Gasteiger partial charge < -0.3 is 9.47 Å². The molecule has 0 N–H and O–H groups in total. The number of ether oxygens (including phenoxy) is 2. The van der Waals surface area contributed by atoms with Crippen molar-refractivity contribution in [3.8, 4) is 5.75 Å². The summed E-state index contributed by atoms with van der Waals surface area (Å²) in [6.45, 7) is -0.325. The molecule has 0 aromatic heterocycles. The summed E-state index contributed by atoms with van der Waals surface area (Å²) in [5.41, 5.74) is 0. The first kappa shape index (κ1) is 15.5. The number of esters is 1. The Morgan fingerprint density at radius 2 is 1.86 bits per heavy atom. The van der Waals surface area contributed by atoms with E-state index in [2.05, 4.69) is 4.74 Å². The van der Waals surface area contributed by atoms with Gasteiger partial charge in [-0.3, -0.25) is 9.59 Å². The third-order valence-electron chi connectivity index (χ3n) is 3.24. The first-order valence-electron chi connectivity index (χ1n) is 6.15. The minimum absolute atomic E-state index is 0.00750. The van der Waals surface area contributed by atoms with Gasteiger partial charge in [-0.05, 0) is 24.3 Å². The van der Waals surface area contributed by atoms with Gasteiger partial charge in [-0.25, -0.2) is 8.42 Å². The molecule has 1 aliphatic rings. The molecule has 0 bridgehead atoms. The van der Waals surface area contributed by atoms with Gasteiger partial charge in [0.05, 0.1) is 25.7 Å². The lowest BCUT2D eigenvalue weighted by Crippen LogP contribution is -2.41. The highest BCUT2D eigenvalue weighted by atomic mass is 32.2. The molecule has 0 amide bonds. The van der Waals surface area contributed by atoms with E-state index >= 15 is 0 Å². The third-order valence-corrected chi connectivity index (χ3v) is 5.11. The van der Waals surface area contributed by atoms with Crippen LogP contribution in [0.25, 0.3) is 0 Å². The molecule has 0 radical (unpaired) electrons. The first-order chi connectivity index (χ1) is 9.90. The average Bonchev–Trinajstić information content (AvgIpc) is 2.89. The largest absolute Gasteiger partial charge is 0.497 e. The van der Waals surface area contributed by atoms with Gasteiger partial charge in [-0.1, -0.05) is 0 Å². The van der Waals surface area contributed by atoms with E-state index in [-0.39, 0.29) is 23.6 Å². The molecule has 7 nitrogen and oxygen atoms in total. The number of carbonyl (C=O) groups is 2. The number of ketones is 1. The van der Waals surface area contributed by atoms with Gasteiger partial charge in [0.15, 0.2) is 0 Å². The topological polar surface area (TPSA) is 90.0 Å². The Balaban J connectivity index is 2.36.